The number of hydrogen-bond donors (Lipinski definition) is 2. The maximum Gasteiger partial charge on any atom is 0.267 e. The molecule has 7 heteroatoms. The van der Waals surface area contributed by atoms with Crippen LogP contribution in [0.5, 0.6) is 0 Å². The number of unbranched alkanes of at least 4 members (excludes halogenated alkanes) is 11. The summed E-state index contributed by atoms with van der Waals surface area (Å²) in [7, 11) is -2.15. The van der Waals surface area contributed by atoms with Crippen LogP contribution in [-0.2, 0) is 15.0 Å². The van der Waals surface area contributed by atoms with Crippen LogP contribution in [0.15, 0.2) is 0 Å². The van der Waals surface area contributed by atoms with Crippen LogP contribution in [0.25, 0.3) is 0 Å². The van der Waals surface area contributed by atoms with Gasteiger partial charge in [-0.3, -0.25) is 9.39 Å². The molecule has 0 radical (unpaired) electrons. The quantitative estimate of drug-likeness (QED) is 0.214. The molecule has 0 bridgehead atoms. The molecule has 0 aliphatic carbocycles. The fraction of sp³-hybridized carbons (Fsp3) is 1.00. The molecule has 0 spiro atoms. The molecule has 6 nitrogen and oxygen atoms in total. The van der Waals surface area contributed by atoms with Gasteiger partial charge in [0.05, 0.1) is 0 Å². The van der Waals surface area contributed by atoms with E-state index in [-0.39, 0.29) is 0 Å². The van der Waals surface area contributed by atoms with Gasteiger partial charge < -0.3 is 4.90 Å². The molecule has 1 unspecified atom stereocenters. The molecular formula is C18H40N2O4S. The number of rotatable bonds is 18. The molecule has 152 valence electrons. The van der Waals surface area contributed by atoms with E-state index in [9.17, 15) is 8.42 Å². The summed E-state index contributed by atoms with van der Waals surface area (Å²) in [5.74, 6) is 4.63. The number of hydrogen-bond acceptors (Lipinski definition) is 5. The van der Waals surface area contributed by atoms with Crippen LogP contribution in [0.1, 0.15) is 84.0 Å². The van der Waals surface area contributed by atoms with Gasteiger partial charge in [-0.25, -0.2) is 5.90 Å². The molecular weight excluding hydrogens is 340 g/mol. The van der Waals surface area contributed by atoms with Gasteiger partial charge in [0, 0.05) is 6.54 Å². The van der Waals surface area contributed by atoms with Gasteiger partial charge in [0.2, 0.25) is 0 Å². The van der Waals surface area contributed by atoms with Crippen molar-refractivity contribution in [2.45, 2.75) is 90.1 Å². The Hall–Kier alpha value is -0.210. The highest BCUT2D eigenvalue weighted by Crippen LogP contribution is 2.12. The van der Waals surface area contributed by atoms with Crippen molar-refractivity contribution in [1.82, 2.24) is 4.90 Å². The molecule has 0 heterocycles. The molecule has 0 aromatic carbocycles. The summed E-state index contributed by atoms with van der Waals surface area (Å²) in [6, 6.07) is 0. The molecule has 0 aliphatic rings. The molecule has 3 N–H and O–H groups in total. The smallest absolute Gasteiger partial charge is 0.267 e. The maximum atomic E-state index is 10.9. The topological polar surface area (TPSA) is 92.9 Å². The molecule has 0 saturated heterocycles. The van der Waals surface area contributed by atoms with Gasteiger partial charge in [0.1, 0.15) is 11.9 Å². The molecule has 0 aromatic rings. The summed E-state index contributed by atoms with van der Waals surface area (Å²) in [5, 5.41) is 0. The van der Waals surface area contributed by atoms with E-state index >= 15 is 0 Å². The Labute approximate surface area is 155 Å². The molecule has 0 saturated carbocycles. The maximum absolute atomic E-state index is 10.9. The van der Waals surface area contributed by atoms with E-state index in [1.165, 1.54) is 70.6 Å². The van der Waals surface area contributed by atoms with E-state index in [0.29, 0.717) is 6.54 Å². The molecule has 0 rings (SSSR count). The molecule has 25 heavy (non-hydrogen) atoms. The summed E-state index contributed by atoms with van der Waals surface area (Å²) in [6.45, 7) is 3.53. The zero-order chi connectivity index (χ0) is 19.0. The van der Waals surface area contributed by atoms with Crippen LogP contribution in [-0.4, -0.2) is 49.9 Å². The molecule has 1 atom stereocenters. The van der Waals surface area contributed by atoms with E-state index in [2.05, 4.69) is 11.8 Å². The van der Waals surface area contributed by atoms with Gasteiger partial charge in [0.15, 0.2) is 0 Å². The fourth-order valence-corrected chi connectivity index (χ4v) is 3.69. The summed E-state index contributed by atoms with van der Waals surface area (Å²) < 4.78 is 30.6. The minimum Gasteiger partial charge on any atom is -0.304 e. The van der Waals surface area contributed by atoms with E-state index in [1.807, 2.05) is 11.9 Å². The number of nitrogens with two attached hydrogens (primary N) is 1. The minimum atomic E-state index is -4.06. The SMILES string of the molecule is CCCCCCCCCCCCCCN(C)CC(CS(=O)(=O)O)ON. The van der Waals surface area contributed by atoms with Crippen molar-refractivity contribution in [3.63, 3.8) is 0 Å². The minimum absolute atomic E-state index is 0.397. The third-order valence-electron chi connectivity index (χ3n) is 4.50. The highest BCUT2D eigenvalue weighted by atomic mass is 32.2. The normalized spacial score (nSPS) is 13.5. The van der Waals surface area contributed by atoms with E-state index in [1.54, 1.807) is 0 Å². The van der Waals surface area contributed by atoms with Crippen molar-refractivity contribution in [2.75, 3.05) is 25.9 Å². The van der Waals surface area contributed by atoms with Crippen molar-refractivity contribution in [1.29, 1.82) is 0 Å². The zero-order valence-corrected chi connectivity index (χ0v) is 17.1. The summed E-state index contributed by atoms with van der Waals surface area (Å²) in [5.41, 5.74) is 0. The Kier molecular flexibility index (Phi) is 15.9. The molecule has 0 aromatic heterocycles. The average molecular weight is 381 g/mol. The number of nitrogens with zero attached hydrogens (tertiary/aromatic N) is 1. The zero-order valence-electron chi connectivity index (χ0n) is 16.3. The van der Waals surface area contributed by atoms with Gasteiger partial charge in [-0.05, 0) is 20.0 Å². The Morgan fingerprint density at radius 3 is 1.76 bits per heavy atom. The predicted molar refractivity (Wildman–Crippen MR) is 104 cm³/mol. The first kappa shape index (κ1) is 24.8. The highest BCUT2D eigenvalue weighted by molar-refractivity contribution is 7.85. The van der Waals surface area contributed by atoms with E-state index in [0.717, 1.165) is 13.0 Å². The molecule has 0 amide bonds. The lowest BCUT2D eigenvalue weighted by atomic mass is 10.1. The summed E-state index contributed by atoms with van der Waals surface area (Å²) >= 11 is 0. The lowest BCUT2D eigenvalue weighted by molar-refractivity contribution is 0.0441. The van der Waals surface area contributed by atoms with Crippen molar-refractivity contribution in [3.8, 4) is 0 Å². The van der Waals surface area contributed by atoms with Crippen molar-refractivity contribution < 1.29 is 17.8 Å². The van der Waals surface area contributed by atoms with Crippen LogP contribution in [0.2, 0.25) is 0 Å². The Morgan fingerprint density at radius 1 is 0.920 bits per heavy atom. The lowest BCUT2D eigenvalue weighted by Crippen LogP contribution is -2.38. The standard InChI is InChI=1S/C18H40N2O4S/c1-3-4-5-6-7-8-9-10-11-12-13-14-15-20(2)16-18(24-19)17-25(21,22)23/h18H,3-17,19H2,1-2H3,(H,21,22,23). The van der Waals surface area contributed by atoms with Crippen LogP contribution in [0.3, 0.4) is 0 Å². The average Bonchev–Trinajstić information content (AvgIpc) is 2.54. The van der Waals surface area contributed by atoms with Crippen LogP contribution < -0.4 is 5.90 Å². The predicted octanol–water partition coefficient (Wildman–Crippen LogP) is 3.77. The Morgan fingerprint density at radius 2 is 1.36 bits per heavy atom. The van der Waals surface area contributed by atoms with Crippen molar-refractivity contribution in [2.24, 2.45) is 5.90 Å². The second-order valence-corrected chi connectivity index (χ2v) is 8.66. The van der Waals surface area contributed by atoms with Gasteiger partial charge in [-0.15, -0.1) is 0 Å². The first-order valence-electron chi connectivity index (χ1n) is 9.88. The Bertz CT molecular complexity index is 391. The first-order valence-corrected chi connectivity index (χ1v) is 11.5. The summed E-state index contributed by atoms with van der Waals surface area (Å²) in [6.07, 6.45) is 15.1. The lowest BCUT2D eigenvalue weighted by Gasteiger charge is -2.21. The summed E-state index contributed by atoms with van der Waals surface area (Å²) in [4.78, 5) is 6.63. The van der Waals surface area contributed by atoms with E-state index < -0.39 is 22.0 Å². The molecule has 0 aliphatic heterocycles. The number of likely N-dealkylation sites (N-methyl/N-ethyl adjacent to an activating group) is 1. The van der Waals surface area contributed by atoms with Crippen LogP contribution in [0, 0.1) is 0 Å². The first-order chi connectivity index (χ1) is 11.9. The Balaban J connectivity index is 3.46. The third-order valence-corrected chi connectivity index (χ3v) is 5.29. The second-order valence-electron chi connectivity index (χ2n) is 7.16. The van der Waals surface area contributed by atoms with Gasteiger partial charge >= 0.3 is 0 Å². The fourth-order valence-electron chi connectivity index (χ4n) is 3.03. The van der Waals surface area contributed by atoms with Crippen LogP contribution in [0.4, 0.5) is 0 Å². The highest BCUT2D eigenvalue weighted by Gasteiger charge is 2.18. The van der Waals surface area contributed by atoms with E-state index in [4.69, 9.17) is 10.4 Å². The van der Waals surface area contributed by atoms with Gasteiger partial charge in [-0.2, -0.15) is 8.42 Å². The van der Waals surface area contributed by atoms with Gasteiger partial charge in [-0.1, -0.05) is 77.6 Å². The van der Waals surface area contributed by atoms with Gasteiger partial charge in [0.25, 0.3) is 10.1 Å². The van der Waals surface area contributed by atoms with Crippen molar-refractivity contribution in [3.05, 3.63) is 0 Å². The third kappa shape index (κ3) is 18.4. The molecule has 0 fully saturated rings. The van der Waals surface area contributed by atoms with Crippen LogP contribution >= 0.6 is 0 Å². The monoisotopic (exact) mass is 380 g/mol. The van der Waals surface area contributed by atoms with Crippen molar-refractivity contribution >= 4 is 10.1 Å². The largest absolute Gasteiger partial charge is 0.304 e. The second kappa shape index (κ2) is 16.0.